The van der Waals surface area contributed by atoms with Gasteiger partial charge in [0.2, 0.25) is 5.92 Å². The van der Waals surface area contributed by atoms with Crippen LogP contribution < -0.4 is 5.73 Å². The molecule has 1 aliphatic carbocycles. The summed E-state index contributed by atoms with van der Waals surface area (Å²) in [4.78, 5) is 3.98. The summed E-state index contributed by atoms with van der Waals surface area (Å²) in [6.07, 6.45) is 4.31. The average Bonchev–Trinajstić information content (AvgIpc) is 2.17. The summed E-state index contributed by atoms with van der Waals surface area (Å²) in [5.41, 5.74) is 7.20. The summed E-state index contributed by atoms with van der Waals surface area (Å²) in [6.45, 7) is 0. The van der Waals surface area contributed by atoms with E-state index in [-0.39, 0.29) is 18.8 Å². The SMILES string of the molecule is Nc1cncc(C2CCC(F)(F)CC2)c1. The average molecular weight is 212 g/mol. The first-order chi connectivity index (χ1) is 7.07. The predicted octanol–water partition coefficient (Wildman–Crippen LogP) is 2.96. The molecular weight excluding hydrogens is 198 g/mol. The predicted molar refractivity (Wildman–Crippen MR) is 54.8 cm³/mol. The van der Waals surface area contributed by atoms with Crippen molar-refractivity contribution in [3.05, 3.63) is 24.0 Å². The first kappa shape index (κ1) is 10.3. The van der Waals surface area contributed by atoms with Gasteiger partial charge in [0.25, 0.3) is 0 Å². The van der Waals surface area contributed by atoms with Gasteiger partial charge in [-0.1, -0.05) is 0 Å². The molecule has 82 valence electrons. The fraction of sp³-hybridized carbons (Fsp3) is 0.545. The highest BCUT2D eigenvalue weighted by Gasteiger charge is 2.35. The second kappa shape index (κ2) is 3.76. The number of anilines is 1. The summed E-state index contributed by atoms with van der Waals surface area (Å²) in [5.74, 6) is -2.27. The maximum atomic E-state index is 12.9. The van der Waals surface area contributed by atoms with E-state index in [4.69, 9.17) is 5.73 Å². The Morgan fingerprint density at radius 3 is 2.53 bits per heavy atom. The van der Waals surface area contributed by atoms with Crippen molar-refractivity contribution in [2.75, 3.05) is 5.73 Å². The largest absolute Gasteiger partial charge is 0.397 e. The Balaban J connectivity index is 2.08. The van der Waals surface area contributed by atoms with E-state index < -0.39 is 5.92 Å². The Labute approximate surface area is 87.5 Å². The molecule has 0 saturated heterocycles. The molecule has 0 amide bonds. The van der Waals surface area contributed by atoms with Crippen LogP contribution in [0.2, 0.25) is 0 Å². The molecule has 1 fully saturated rings. The molecule has 0 bridgehead atoms. The minimum absolute atomic E-state index is 0.0214. The number of hydrogen-bond acceptors (Lipinski definition) is 2. The minimum atomic E-state index is -2.47. The maximum Gasteiger partial charge on any atom is 0.248 e. The van der Waals surface area contributed by atoms with Crippen LogP contribution >= 0.6 is 0 Å². The molecule has 1 heterocycles. The number of aromatic nitrogens is 1. The molecule has 1 saturated carbocycles. The number of hydrogen-bond donors (Lipinski definition) is 1. The van der Waals surface area contributed by atoms with Crippen molar-refractivity contribution in [2.45, 2.75) is 37.5 Å². The van der Waals surface area contributed by atoms with E-state index in [1.165, 1.54) is 0 Å². The van der Waals surface area contributed by atoms with E-state index in [1.54, 1.807) is 12.4 Å². The topological polar surface area (TPSA) is 38.9 Å². The van der Waals surface area contributed by atoms with E-state index in [2.05, 4.69) is 4.98 Å². The lowest BCUT2D eigenvalue weighted by Gasteiger charge is -2.28. The molecule has 1 aliphatic rings. The fourth-order valence-electron chi connectivity index (χ4n) is 2.07. The molecule has 0 spiro atoms. The van der Waals surface area contributed by atoms with Crippen molar-refractivity contribution >= 4 is 5.69 Å². The smallest absolute Gasteiger partial charge is 0.248 e. The Bertz CT molecular complexity index is 342. The van der Waals surface area contributed by atoms with Gasteiger partial charge in [-0.3, -0.25) is 4.98 Å². The van der Waals surface area contributed by atoms with Crippen LogP contribution in [0.4, 0.5) is 14.5 Å². The van der Waals surface area contributed by atoms with Gasteiger partial charge < -0.3 is 5.73 Å². The molecule has 1 aromatic rings. The Morgan fingerprint density at radius 1 is 1.27 bits per heavy atom. The molecule has 1 aromatic heterocycles. The normalized spacial score (nSPS) is 21.5. The van der Waals surface area contributed by atoms with Crippen LogP contribution in [0.15, 0.2) is 18.5 Å². The second-order valence-corrected chi connectivity index (χ2v) is 4.18. The van der Waals surface area contributed by atoms with Gasteiger partial charge in [0.1, 0.15) is 0 Å². The lowest BCUT2D eigenvalue weighted by Crippen LogP contribution is -2.23. The molecule has 15 heavy (non-hydrogen) atoms. The molecule has 0 radical (unpaired) electrons. The van der Waals surface area contributed by atoms with Crippen molar-refractivity contribution in [1.29, 1.82) is 0 Å². The minimum Gasteiger partial charge on any atom is -0.397 e. The van der Waals surface area contributed by atoms with Gasteiger partial charge in [-0.15, -0.1) is 0 Å². The number of pyridine rings is 1. The monoisotopic (exact) mass is 212 g/mol. The Kier molecular flexibility index (Phi) is 2.59. The van der Waals surface area contributed by atoms with Crippen LogP contribution in [0, 0.1) is 0 Å². The van der Waals surface area contributed by atoms with Crippen molar-refractivity contribution in [2.24, 2.45) is 0 Å². The first-order valence-electron chi connectivity index (χ1n) is 5.15. The van der Waals surface area contributed by atoms with Gasteiger partial charge >= 0.3 is 0 Å². The summed E-state index contributed by atoms with van der Waals surface area (Å²) < 4.78 is 25.9. The molecule has 0 aliphatic heterocycles. The highest BCUT2D eigenvalue weighted by molar-refractivity contribution is 5.38. The molecule has 0 unspecified atom stereocenters. The van der Waals surface area contributed by atoms with Crippen molar-refractivity contribution in [3.8, 4) is 0 Å². The van der Waals surface area contributed by atoms with Crippen molar-refractivity contribution in [3.63, 3.8) is 0 Å². The Hall–Kier alpha value is -1.19. The molecule has 2 rings (SSSR count). The van der Waals surface area contributed by atoms with E-state index >= 15 is 0 Å². The third kappa shape index (κ3) is 2.43. The summed E-state index contributed by atoms with van der Waals surface area (Å²) in [5, 5.41) is 0. The van der Waals surface area contributed by atoms with Gasteiger partial charge in [-0.05, 0) is 30.4 Å². The van der Waals surface area contributed by atoms with E-state index in [9.17, 15) is 8.78 Å². The Morgan fingerprint density at radius 2 is 1.93 bits per heavy atom. The third-order valence-electron chi connectivity index (χ3n) is 2.97. The van der Waals surface area contributed by atoms with E-state index in [1.807, 2.05) is 6.07 Å². The zero-order valence-corrected chi connectivity index (χ0v) is 8.42. The van der Waals surface area contributed by atoms with Gasteiger partial charge in [-0.2, -0.15) is 0 Å². The highest BCUT2D eigenvalue weighted by Crippen LogP contribution is 2.40. The van der Waals surface area contributed by atoms with Crippen LogP contribution in [0.25, 0.3) is 0 Å². The van der Waals surface area contributed by atoms with Gasteiger partial charge in [-0.25, -0.2) is 8.78 Å². The summed E-state index contributed by atoms with van der Waals surface area (Å²) >= 11 is 0. The van der Waals surface area contributed by atoms with Crippen molar-refractivity contribution in [1.82, 2.24) is 4.98 Å². The van der Waals surface area contributed by atoms with Crippen LogP contribution in [-0.4, -0.2) is 10.9 Å². The molecular formula is C11H14F2N2. The van der Waals surface area contributed by atoms with Gasteiger partial charge in [0, 0.05) is 25.2 Å². The molecule has 0 atom stereocenters. The number of rotatable bonds is 1. The van der Waals surface area contributed by atoms with Crippen LogP contribution in [0.3, 0.4) is 0 Å². The summed E-state index contributed by atoms with van der Waals surface area (Å²) in [7, 11) is 0. The number of alkyl halides is 2. The van der Waals surface area contributed by atoms with Gasteiger partial charge in [0.15, 0.2) is 0 Å². The van der Waals surface area contributed by atoms with E-state index in [0.29, 0.717) is 18.5 Å². The van der Waals surface area contributed by atoms with Crippen LogP contribution in [-0.2, 0) is 0 Å². The lowest BCUT2D eigenvalue weighted by atomic mass is 9.83. The lowest BCUT2D eigenvalue weighted by molar-refractivity contribution is -0.0382. The quantitative estimate of drug-likeness (QED) is 0.777. The zero-order valence-electron chi connectivity index (χ0n) is 8.42. The molecule has 2 N–H and O–H groups in total. The first-order valence-corrected chi connectivity index (χ1v) is 5.15. The third-order valence-corrected chi connectivity index (χ3v) is 2.97. The summed E-state index contributed by atoms with van der Waals surface area (Å²) in [6, 6.07) is 1.83. The molecule has 0 aromatic carbocycles. The number of nitrogens with zero attached hydrogens (tertiary/aromatic N) is 1. The standard InChI is InChI=1S/C11H14F2N2/c12-11(13)3-1-8(2-4-11)9-5-10(14)7-15-6-9/h5-8H,1-4,14H2. The van der Waals surface area contributed by atoms with Crippen LogP contribution in [0.1, 0.15) is 37.2 Å². The maximum absolute atomic E-state index is 12.9. The zero-order chi connectivity index (χ0) is 10.9. The number of halogens is 2. The number of nitrogen functional groups attached to an aromatic ring is 1. The molecule has 4 heteroatoms. The second-order valence-electron chi connectivity index (χ2n) is 4.18. The highest BCUT2D eigenvalue weighted by atomic mass is 19.3. The van der Waals surface area contributed by atoms with E-state index in [0.717, 1.165) is 5.56 Å². The molecule has 2 nitrogen and oxygen atoms in total. The van der Waals surface area contributed by atoms with Crippen LogP contribution in [0.5, 0.6) is 0 Å². The van der Waals surface area contributed by atoms with Gasteiger partial charge in [0.05, 0.1) is 5.69 Å². The number of nitrogens with two attached hydrogens (primary N) is 1. The fourth-order valence-corrected chi connectivity index (χ4v) is 2.07. The van der Waals surface area contributed by atoms with Crippen molar-refractivity contribution < 1.29 is 8.78 Å².